The lowest BCUT2D eigenvalue weighted by atomic mass is 9.89. The molecule has 1 N–H and O–H groups in total. The Balaban J connectivity index is 1.52. The minimum Gasteiger partial charge on any atom is -0.361 e. The highest BCUT2D eigenvalue weighted by atomic mass is 16.5. The molecule has 7 heteroatoms. The Kier molecular flexibility index (Phi) is 4.73. The van der Waals surface area contributed by atoms with Gasteiger partial charge in [0, 0.05) is 11.5 Å². The average Bonchev–Trinajstić information content (AvgIpc) is 3.16. The van der Waals surface area contributed by atoms with E-state index in [0.717, 1.165) is 29.9 Å². The number of nitrogens with one attached hydrogen (secondary N) is 1. The van der Waals surface area contributed by atoms with E-state index in [1.165, 1.54) is 19.3 Å². The van der Waals surface area contributed by atoms with E-state index in [-0.39, 0.29) is 18.9 Å². The van der Waals surface area contributed by atoms with Crippen LogP contribution in [0.2, 0.25) is 0 Å². The summed E-state index contributed by atoms with van der Waals surface area (Å²) < 4.78 is 10.3. The fourth-order valence-corrected chi connectivity index (χ4v) is 3.02. The molecule has 7 nitrogen and oxygen atoms in total. The van der Waals surface area contributed by atoms with Crippen molar-refractivity contribution in [3.05, 3.63) is 28.7 Å². The van der Waals surface area contributed by atoms with Crippen molar-refractivity contribution < 1.29 is 13.8 Å². The van der Waals surface area contributed by atoms with Gasteiger partial charge in [-0.3, -0.25) is 4.79 Å². The number of nitrogens with zero attached hydrogens (tertiary/aromatic N) is 3. The normalized spacial score (nSPS) is 15.7. The van der Waals surface area contributed by atoms with Gasteiger partial charge in [-0.15, -0.1) is 0 Å². The van der Waals surface area contributed by atoms with Crippen molar-refractivity contribution >= 4 is 5.91 Å². The summed E-state index contributed by atoms with van der Waals surface area (Å²) in [5.74, 6) is 2.20. The number of hydrogen-bond acceptors (Lipinski definition) is 6. The van der Waals surface area contributed by atoms with Crippen molar-refractivity contribution in [2.45, 2.75) is 64.8 Å². The fourth-order valence-electron chi connectivity index (χ4n) is 3.02. The highest BCUT2D eigenvalue weighted by molar-refractivity contribution is 5.78. The van der Waals surface area contributed by atoms with Crippen LogP contribution in [0.4, 0.5) is 0 Å². The van der Waals surface area contributed by atoms with Gasteiger partial charge in [-0.1, -0.05) is 29.6 Å². The lowest BCUT2D eigenvalue weighted by molar-refractivity contribution is -0.120. The summed E-state index contributed by atoms with van der Waals surface area (Å²) in [5.41, 5.74) is 1.57. The van der Waals surface area contributed by atoms with Crippen LogP contribution in [0.1, 0.15) is 66.8 Å². The van der Waals surface area contributed by atoms with Crippen molar-refractivity contribution in [2.24, 2.45) is 0 Å². The van der Waals surface area contributed by atoms with Crippen LogP contribution in [0, 0.1) is 13.8 Å². The maximum Gasteiger partial charge on any atom is 0.246 e. The Morgan fingerprint density at radius 2 is 1.96 bits per heavy atom. The van der Waals surface area contributed by atoms with E-state index in [1.54, 1.807) is 6.92 Å². The maximum atomic E-state index is 12.0. The molecule has 0 atom stereocenters. The van der Waals surface area contributed by atoms with Crippen LogP contribution in [-0.2, 0) is 17.8 Å². The first-order valence-electron chi connectivity index (χ1n) is 8.14. The van der Waals surface area contributed by atoms with Crippen molar-refractivity contribution in [1.82, 2.24) is 20.6 Å². The second-order valence-electron chi connectivity index (χ2n) is 6.14. The molecule has 0 radical (unpaired) electrons. The van der Waals surface area contributed by atoms with Gasteiger partial charge in [-0.05, 0) is 26.7 Å². The SMILES string of the molecule is Cc1noc(C)c1CC(=O)NCc1nc(C2CCCCC2)no1. The number of hydrogen-bond donors (Lipinski definition) is 1. The zero-order valence-electron chi connectivity index (χ0n) is 13.6. The molecule has 0 aliphatic heterocycles. The van der Waals surface area contributed by atoms with Gasteiger partial charge in [0.05, 0.1) is 18.7 Å². The third-order valence-electron chi connectivity index (χ3n) is 4.41. The third-order valence-corrected chi connectivity index (χ3v) is 4.41. The van der Waals surface area contributed by atoms with E-state index >= 15 is 0 Å². The molecule has 0 saturated heterocycles. The lowest BCUT2D eigenvalue weighted by Gasteiger charge is -2.17. The van der Waals surface area contributed by atoms with E-state index in [1.807, 2.05) is 6.92 Å². The molecule has 0 bridgehead atoms. The topological polar surface area (TPSA) is 94.1 Å². The van der Waals surface area contributed by atoms with Gasteiger partial charge in [0.2, 0.25) is 11.8 Å². The van der Waals surface area contributed by atoms with Gasteiger partial charge >= 0.3 is 0 Å². The zero-order chi connectivity index (χ0) is 16.2. The van der Waals surface area contributed by atoms with Crippen LogP contribution < -0.4 is 5.32 Å². The van der Waals surface area contributed by atoms with Gasteiger partial charge in [-0.2, -0.15) is 4.98 Å². The fraction of sp³-hybridized carbons (Fsp3) is 0.625. The first kappa shape index (κ1) is 15.7. The summed E-state index contributed by atoms with van der Waals surface area (Å²) >= 11 is 0. The minimum absolute atomic E-state index is 0.114. The second-order valence-corrected chi connectivity index (χ2v) is 6.14. The largest absolute Gasteiger partial charge is 0.361 e. The maximum absolute atomic E-state index is 12.0. The second kappa shape index (κ2) is 6.93. The van der Waals surface area contributed by atoms with Crippen LogP contribution >= 0.6 is 0 Å². The quantitative estimate of drug-likeness (QED) is 0.910. The molecule has 0 unspecified atom stereocenters. The summed E-state index contributed by atoms with van der Waals surface area (Å²) in [6.45, 7) is 3.88. The molecule has 1 fully saturated rings. The molecule has 2 aromatic heterocycles. The Labute approximate surface area is 134 Å². The summed E-state index contributed by atoms with van der Waals surface area (Å²) in [6, 6.07) is 0. The monoisotopic (exact) mass is 318 g/mol. The number of rotatable bonds is 5. The third kappa shape index (κ3) is 3.78. The Bertz CT molecular complexity index is 651. The first-order chi connectivity index (χ1) is 11.1. The van der Waals surface area contributed by atoms with Gasteiger partial charge < -0.3 is 14.4 Å². The number of carbonyl (C=O) groups excluding carboxylic acids is 1. The summed E-state index contributed by atoms with van der Waals surface area (Å²) in [5, 5.41) is 10.7. The van der Waals surface area contributed by atoms with Crippen LogP contribution in [0.3, 0.4) is 0 Å². The predicted molar refractivity (Wildman–Crippen MR) is 81.7 cm³/mol. The molecule has 2 aromatic rings. The molecular weight excluding hydrogens is 296 g/mol. The molecule has 1 aliphatic rings. The van der Waals surface area contributed by atoms with E-state index < -0.39 is 0 Å². The Morgan fingerprint density at radius 3 is 2.65 bits per heavy atom. The molecule has 23 heavy (non-hydrogen) atoms. The van der Waals surface area contributed by atoms with Crippen LogP contribution in [0.25, 0.3) is 0 Å². The molecule has 2 heterocycles. The zero-order valence-corrected chi connectivity index (χ0v) is 13.6. The highest BCUT2D eigenvalue weighted by Crippen LogP contribution is 2.30. The van der Waals surface area contributed by atoms with E-state index in [0.29, 0.717) is 17.6 Å². The molecule has 3 rings (SSSR count). The number of aromatic nitrogens is 3. The van der Waals surface area contributed by atoms with Gasteiger partial charge in [0.15, 0.2) is 5.82 Å². The van der Waals surface area contributed by atoms with Gasteiger partial charge in [0.25, 0.3) is 0 Å². The highest BCUT2D eigenvalue weighted by Gasteiger charge is 2.21. The molecule has 0 aromatic carbocycles. The Hall–Kier alpha value is -2.18. The van der Waals surface area contributed by atoms with E-state index in [2.05, 4.69) is 20.6 Å². The molecule has 1 amide bonds. The standard InChI is InChI=1S/C16H22N4O3/c1-10-13(11(2)22-19-10)8-14(21)17-9-15-18-16(20-23-15)12-6-4-3-5-7-12/h12H,3-9H2,1-2H3,(H,17,21). The first-order valence-corrected chi connectivity index (χ1v) is 8.14. The van der Waals surface area contributed by atoms with Crippen molar-refractivity contribution in [3.63, 3.8) is 0 Å². The molecule has 124 valence electrons. The summed E-state index contributed by atoms with van der Waals surface area (Å²) in [7, 11) is 0. The van der Waals surface area contributed by atoms with Crippen molar-refractivity contribution in [2.75, 3.05) is 0 Å². The molecule has 0 spiro atoms. The van der Waals surface area contributed by atoms with Crippen LogP contribution in [0.15, 0.2) is 9.05 Å². The predicted octanol–water partition coefficient (Wildman–Crippen LogP) is 2.58. The van der Waals surface area contributed by atoms with E-state index in [4.69, 9.17) is 9.05 Å². The number of amides is 1. The molecule has 1 aliphatic carbocycles. The van der Waals surface area contributed by atoms with Crippen LogP contribution in [-0.4, -0.2) is 21.2 Å². The molecular formula is C16H22N4O3. The van der Waals surface area contributed by atoms with Gasteiger partial charge in [0.1, 0.15) is 5.76 Å². The average molecular weight is 318 g/mol. The lowest BCUT2D eigenvalue weighted by Crippen LogP contribution is -2.25. The van der Waals surface area contributed by atoms with Gasteiger partial charge in [-0.25, -0.2) is 0 Å². The van der Waals surface area contributed by atoms with Crippen molar-refractivity contribution in [3.8, 4) is 0 Å². The number of carbonyl (C=O) groups is 1. The smallest absolute Gasteiger partial charge is 0.246 e. The van der Waals surface area contributed by atoms with E-state index in [9.17, 15) is 4.79 Å². The minimum atomic E-state index is -0.114. The Morgan fingerprint density at radius 1 is 1.17 bits per heavy atom. The summed E-state index contributed by atoms with van der Waals surface area (Å²) in [6.07, 6.45) is 6.23. The summed E-state index contributed by atoms with van der Waals surface area (Å²) in [4.78, 5) is 16.4. The van der Waals surface area contributed by atoms with Crippen LogP contribution in [0.5, 0.6) is 0 Å². The van der Waals surface area contributed by atoms with Crippen molar-refractivity contribution in [1.29, 1.82) is 0 Å². The molecule has 1 saturated carbocycles. The number of aryl methyl sites for hydroxylation is 2.